The van der Waals surface area contributed by atoms with Gasteiger partial charge < -0.3 is 4.42 Å². The highest BCUT2D eigenvalue weighted by Crippen LogP contribution is 2.10. The van der Waals surface area contributed by atoms with Crippen LogP contribution in [0.3, 0.4) is 0 Å². The predicted octanol–water partition coefficient (Wildman–Crippen LogP) is 0.953. The molecule has 6 heteroatoms. The number of furan rings is 1. The number of hydrazine groups is 1. The van der Waals surface area contributed by atoms with Gasteiger partial charge in [0.2, 0.25) is 0 Å². The van der Waals surface area contributed by atoms with Crippen molar-refractivity contribution in [1.82, 2.24) is 15.3 Å². The van der Waals surface area contributed by atoms with Crippen LogP contribution in [0.2, 0.25) is 0 Å². The first kappa shape index (κ1) is 14.2. The van der Waals surface area contributed by atoms with Gasteiger partial charge in [0, 0.05) is 18.9 Å². The van der Waals surface area contributed by atoms with E-state index in [1.54, 1.807) is 18.5 Å². The topological polar surface area (TPSA) is 84.4 Å². The molecule has 0 atom stereocenters. The molecule has 0 bridgehead atoms. The highest BCUT2D eigenvalue weighted by molar-refractivity contribution is 5.93. The van der Waals surface area contributed by atoms with Gasteiger partial charge in [-0.15, -0.1) is 0 Å². The number of hydrogen-bond acceptors (Lipinski definition) is 5. The maximum atomic E-state index is 11.3. The molecular formula is C14H18N4O2. The molecule has 3 N–H and O–H groups in total. The molecule has 0 aromatic carbocycles. The van der Waals surface area contributed by atoms with Gasteiger partial charge in [0.25, 0.3) is 5.91 Å². The Morgan fingerprint density at radius 3 is 2.90 bits per heavy atom. The molecule has 0 unspecified atom stereocenters. The summed E-state index contributed by atoms with van der Waals surface area (Å²) in [5.41, 5.74) is 3.76. The van der Waals surface area contributed by atoms with Crippen molar-refractivity contribution in [3.8, 4) is 0 Å². The normalized spacial score (nSPS) is 10.8. The first-order chi connectivity index (χ1) is 9.69. The lowest BCUT2D eigenvalue weighted by Crippen LogP contribution is -2.29. The Labute approximate surface area is 117 Å². The summed E-state index contributed by atoms with van der Waals surface area (Å²) in [6, 6.07) is 5.71. The third-order valence-electron chi connectivity index (χ3n) is 3.00. The Bertz CT molecular complexity index is 553. The first-order valence-corrected chi connectivity index (χ1v) is 6.35. The lowest BCUT2D eigenvalue weighted by molar-refractivity contribution is 0.0953. The minimum absolute atomic E-state index is 0.348. The highest BCUT2D eigenvalue weighted by atomic mass is 16.3. The highest BCUT2D eigenvalue weighted by Gasteiger charge is 2.10. The molecule has 1 amide bonds. The molecule has 106 valence electrons. The van der Waals surface area contributed by atoms with Crippen LogP contribution in [0, 0.1) is 0 Å². The number of nitrogen functional groups attached to an aromatic ring is 1. The van der Waals surface area contributed by atoms with Gasteiger partial charge in [0.1, 0.15) is 12.0 Å². The average molecular weight is 274 g/mol. The summed E-state index contributed by atoms with van der Waals surface area (Å²) in [4.78, 5) is 17.4. The Kier molecular flexibility index (Phi) is 4.86. The summed E-state index contributed by atoms with van der Waals surface area (Å²) in [7, 11) is 2.01. The third kappa shape index (κ3) is 3.91. The van der Waals surface area contributed by atoms with Crippen LogP contribution in [0.1, 0.15) is 21.7 Å². The van der Waals surface area contributed by atoms with Crippen LogP contribution in [-0.2, 0) is 13.0 Å². The SMILES string of the molecule is CN(CCc1ccncc1)Cc1cc(C(=O)NN)co1. The van der Waals surface area contributed by atoms with E-state index in [-0.39, 0.29) is 5.91 Å². The summed E-state index contributed by atoms with van der Waals surface area (Å²) in [5, 5.41) is 0. The van der Waals surface area contributed by atoms with E-state index in [1.807, 2.05) is 19.2 Å². The van der Waals surface area contributed by atoms with Crippen molar-refractivity contribution in [3.63, 3.8) is 0 Å². The fraction of sp³-hybridized carbons (Fsp3) is 0.286. The monoisotopic (exact) mass is 274 g/mol. The van der Waals surface area contributed by atoms with Crippen LogP contribution in [0.15, 0.2) is 41.3 Å². The van der Waals surface area contributed by atoms with Gasteiger partial charge >= 0.3 is 0 Å². The van der Waals surface area contributed by atoms with Crippen LogP contribution >= 0.6 is 0 Å². The smallest absolute Gasteiger partial charge is 0.268 e. The van der Waals surface area contributed by atoms with Gasteiger partial charge in [0.15, 0.2) is 0 Å². The Balaban J connectivity index is 1.83. The molecule has 0 radical (unpaired) electrons. The predicted molar refractivity (Wildman–Crippen MR) is 74.6 cm³/mol. The number of amides is 1. The number of nitrogens with two attached hydrogens (primary N) is 1. The van der Waals surface area contributed by atoms with Crippen molar-refractivity contribution in [1.29, 1.82) is 0 Å². The molecule has 0 saturated carbocycles. The summed E-state index contributed by atoms with van der Waals surface area (Å²) < 4.78 is 5.34. The van der Waals surface area contributed by atoms with Crippen molar-refractivity contribution in [2.24, 2.45) is 5.84 Å². The van der Waals surface area contributed by atoms with Gasteiger partial charge in [-0.2, -0.15) is 0 Å². The second kappa shape index (κ2) is 6.83. The average Bonchev–Trinajstić information content (AvgIpc) is 2.94. The van der Waals surface area contributed by atoms with Crippen molar-refractivity contribution in [3.05, 3.63) is 53.7 Å². The number of hydrogen-bond donors (Lipinski definition) is 2. The summed E-state index contributed by atoms with van der Waals surface area (Å²) in [6.45, 7) is 1.53. The van der Waals surface area contributed by atoms with E-state index >= 15 is 0 Å². The van der Waals surface area contributed by atoms with Gasteiger partial charge in [-0.05, 0) is 37.2 Å². The van der Waals surface area contributed by atoms with E-state index in [1.165, 1.54) is 11.8 Å². The second-order valence-electron chi connectivity index (χ2n) is 4.62. The number of nitrogens with zero attached hydrogens (tertiary/aromatic N) is 2. The Hall–Kier alpha value is -2.18. The number of nitrogens with one attached hydrogen (secondary N) is 1. The molecule has 2 heterocycles. The van der Waals surface area contributed by atoms with Crippen molar-refractivity contribution in [2.45, 2.75) is 13.0 Å². The third-order valence-corrected chi connectivity index (χ3v) is 3.00. The summed E-state index contributed by atoms with van der Waals surface area (Å²) in [5.74, 6) is 5.46. The number of rotatable bonds is 6. The van der Waals surface area contributed by atoms with Gasteiger partial charge in [-0.25, -0.2) is 5.84 Å². The van der Waals surface area contributed by atoms with E-state index in [4.69, 9.17) is 10.3 Å². The molecule has 0 aliphatic heterocycles. The van der Waals surface area contributed by atoms with E-state index in [9.17, 15) is 4.79 Å². The van der Waals surface area contributed by atoms with Gasteiger partial charge in [0.05, 0.1) is 12.1 Å². The van der Waals surface area contributed by atoms with Crippen molar-refractivity contribution in [2.75, 3.05) is 13.6 Å². The molecule has 0 fully saturated rings. The zero-order valence-corrected chi connectivity index (χ0v) is 11.4. The zero-order valence-electron chi connectivity index (χ0n) is 11.4. The van der Waals surface area contributed by atoms with E-state index < -0.39 is 0 Å². The van der Waals surface area contributed by atoms with E-state index in [2.05, 4.69) is 15.3 Å². The van der Waals surface area contributed by atoms with E-state index in [0.717, 1.165) is 18.7 Å². The summed E-state index contributed by atoms with van der Waals surface area (Å²) in [6.07, 6.45) is 5.93. The fourth-order valence-corrected chi connectivity index (χ4v) is 1.88. The molecule has 0 aliphatic carbocycles. The van der Waals surface area contributed by atoms with Crippen LogP contribution in [0.25, 0.3) is 0 Å². The van der Waals surface area contributed by atoms with Crippen molar-refractivity contribution < 1.29 is 9.21 Å². The minimum Gasteiger partial charge on any atom is -0.467 e. The maximum Gasteiger partial charge on any atom is 0.268 e. The van der Waals surface area contributed by atoms with Crippen LogP contribution in [0.5, 0.6) is 0 Å². The molecule has 2 rings (SSSR count). The van der Waals surface area contributed by atoms with Crippen molar-refractivity contribution >= 4 is 5.91 Å². The Morgan fingerprint density at radius 1 is 1.45 bits per heavy atom. The quantitative estimate of drug-likeness (QED) is 0.465. The Morgan fingerprint density at radius 2 is 2.20 bits per heavy atom. The van der Waals surface area contributed by atoms with Crippen LogP contribution in [-0.4, -0.2) is 29.4 Å². The molecule has 0 aliphatic rings. The summed E-state index contributed by atoms with van der Waals surface area (Å²) >= 11 is 0. The van der Waals surface area contributed by atoms with Crippen LogP contribution < -0.4 is 11.3 Å². The number of likely N-dealkylation sites (N-methyl/N-ethyl adjacent to an activating group) is 1. The molecule has 2 aromatic rings. The lowest BCUT2D eigenvalue weighted by Gasteiger charge is -2.14. The number of carbonyl (C=O) groups is 1. The minimum atomic E-state index is -0.348. The zero-order chi connectivity index (χ0) is 14.4. The fourth-order valence-electron chi connectivity index (χ4n) is 1.88. The van der Waals surface area contributed by atoms with Gasteiger partial charge in [-0.3, -0.25) is 20.1 Å². The molecular weight excluding hydrogens is 256 g/mol. The van der Waals surface area contributed by atoms with Crippen LogP contribution in [0.4, 0.5) is 0 Å². The number of aromatic nitrogens is 1. The maximum absolute atomic E-state index is 11.3. The van der Waals surface area contributed by atoms with E-state index in [0.29, 0.717) is 12.1 Å². The number of pyridine rings is 1. The lowest BCUT2D eigenvalue weighted by atomic mass is 10.2. The largest absolute Gasteiger partial charge is 0.467 e. The molecule has 0 saturated heterocycles. The second-order valence-corrected chi connectivity index (χ2v) is 4.62. The molecule has 0 spiro atoms. The molecule has 20 heavy (non-hydrogen) atoms. The standard InChI is InChI=1S/C14H18N4O2/c1-18(7-4-11-2-5-16-6-3-11)9-13-8-12(10-20-13)14(19)17-15/h2-3,5-6,8,10H,4,7,9,15H2,1H3,(H,17,19). The molecule has 2 aromatic heterocycles. The molecule has 6 nitrogen and oxygen atoms in total. The number of carbonyl (C=O) groups excluding carboxylic acids is 1. The van der Waals surface area contributed by atoms with Gasteiger partial charge in [-0.1, -0.05) is 0 Å². The first-order valence-electron chi connectivity index (χ1n) is 6.35.